The summed E-state index contributed by atoms with van der Waals surface area (Å²) in [5.74, 6) is 0.920. The smallest absolute Gasteiger partial charge is 0.158 e. The van der Waals surface area contributed by atoms with Crippen molar-refractivity contribution in [1.29, 1.82) is 0 Å². The van der Waals surface area contributed by atoms with E-state index >= 15 is 0 Å². The van der Waals surface area contributed by atoms with Crippen molar-refractivity contribution in [1.82, 2.24) is 14.3 Å². The fraction of sp³-hybridized carbons (Fsp3) is 0.500. The normalized spacial score (nSPS) is 21.9. The molecule has 0 bridgehead atoms. The highest BCUT2D eigenvalue weighted by molar-refractivity contribution is 5.36. The molecule has 0 aliphatic heterocycles. The maximum atomic E-state index is 10.2. The van der Waals surface area contributed by atoms with Gasteiger partial charge in [0, 0.05) is 36.8 Å². The zero-order chi connectivity index (χ0) is 12.9. The van der Waals surface area contributed by atoms with Gasteiger partial charge in [-0.25, -0.2) is 0 Å². The number of rotatable bonds is 1. The van der Waals surface area contributed by atoms with Gasteiger partial charge >= 0.3 is 0 Å². The Kier molecular flexibility index (Phi) is 2.38. The topological polar surface area (TPSA) is 43.0 Å². The summed E-state index contributed by atoms with van der Waals surface area (Å²) in [7, 11) is 1.91. The number of fused-ring (bicyclic) bond motifs is 1. The average molecular weight is 245 g/mol. The van der Waals surface area contributed by atoms with Crippen LogP contribution in [0.5, 0.6) is 0 Å². The average Bonchev–Trinajstić information content (AvgIpc) is 2.82. The van der Waals surface area contributed by atoms with Gasteiger partial charge in [0.05, 0.1) is 6.10 Å². The zero-order valence-electron chi connectivity index (χ0n) is 11.1. The first-order chi connectivity index (χ1) is 8.46. The molecule has 2 heterocycles. The van der Waals surface area contributed by atoms with E-state index in [1.807, 2.05) is 31.6 Å². The Morgan fingerprint density at radius 2 is 2.11 bits per heavy atom. The first-order valence-electron chi connectivity index (χ1n) is 6.34. The molecule has 3 rings (SSSR count). The summed E-state index contributed by atoms with van der Waals surface area (Å²) in [4.78, 5) is 0. The minimum absolute atomic E-state index is 0.136. The van der Waals surface area contributed by atoms with Crippen molar-refractivity contribution in [3.05, 3.63) is 35.8 Å². The second-order valence-electron chi connectivity index (χ2n) is 6.00. The molecule has 2 aromatic rings. The van der Waals surface area contributed by atoms with E-state index < -0.39 is 0 Å². The fourth-order valence-corrected chi connectivity index (χ4v) is 2.88. The second-order valence-corrected chi connectivity index (χ2v) is 6.00. The first kappa shape index (κ1) is 11.5. The monoisotopic (exact) mass is 245 g/mol. The van der Waals surface area contributed by atoms with Crippen molar-refractivity contribution in [2.24, 2.45) is 12.5 Å². The Labute approximate surface area is 107 Å². The lowest BCUT2D eigenvalue weighted by atomic mass is 9.75. The molecule has 96 valence electrons. The highest BCUT2D eigenvalue weighted by Crippen LogP contribution is 2.41. The lowest BCUT2D eigenvalue weighted by Gasteiger charge is -2.33. The van der Waals surface area contributed by atoms with Gasteiger partial charge in [0.25, 0.3) is 0 Å². The number of hydrogen-bond acceptors (Lipinski definition) is 2. The quantitative estimate of drug-likeness (QED) is 0.837. The van der Waals surface area contributed by atoms with E-state index in [1.165, 1.54) is 5.69 Å². The van der Waals surface area contributed by atoms with Crippen LogP contribution in [-0.2, 0) is 13.5 Å². The second kappa shape index (κ2) is 3.72. The summed E-state index contributed by atoms with van der Waals surface area (Å²) >= 11 is 0. The summed E-state index contributed by atoms with van der Waals surface area (Å²) in [6.45, 7) is 4.41. The van der Waals surface area contributed by atoms with Gasteiger partial charge in [-0.3, -0.25) is 4.68 Å². The van der Waals surface area contributed by atoms with E-state index in [-0.39, 0.29) is 11.5 Å². The van der Waals surface area contributed by atoms with E-state index in [1.54, 1.807) is 4.68 Å². The molecule has 1 unspecified atom stereocenters. The van der Waals surface area contributed by atoms with Crippen LogP contribution in [0.2, 0.25) is 0 Å². The third-order valence-corrected chi connectivity index (χ3v) is 3.72. The van der Waals surface area contributed by atoms with Crippen LogP contribution in [0.25, 0.3) is 5.82 Å². The molecular weight excluding hydrogens is 226 g/mol. The first-order valence-corrected chi connectivity index (χ1v) is 6.34. The third-order valence-electron chi connectivity index (χ3n) is 3.72. The molecule has 0 saturated heterocycles. The van der Waals surface area contributed by atoms with Crippen LogP contribution in [0.4, 0.5) is 0 Å². The zero-order valence-corrected chi connectivity index (χ0v) is 11.1. The number of aryl methyl sites for hydroxylation is 1. The number of aromatic nitrogens is 3. The van der Waals surface area contributed by atoms with Gasteiger partial charge in [-0.05, 0) is 24.3 Å². The summed E-state index contributed by atoms with van der Waals surface area (Å²) in [5.41, 5.74) is 2.38. The largest absolute Gasteiger partial charge is 0.388 e. The maximum absolute atomic E-state index is 10.2. The molecule has 0 fully saturated rings. The van der Waals surface area contributed by atoms with Crippen molar-refractivity contribution in [3.63, 3.8) is 0 Å². The Balaban J connectivity index is 2.10. The van der Waals surface area contributed by atoms with Crippen molar-refractivity contribution in [2.45, 2.75) is 32.8 Å². The van der Waals surface area contributed by atoms with Crippen LogP contribution in [0.15, 0.2) is 24.5 Å². The molecule has 0 spiro atoms. The molecule has 4 heteroatoms. The molecule has 1 N–H and O–H groups in total. The Morgan fingerprint density at radius 1 is 1.33 bits per heavy atom. The van der Waals surface area contributed by atoms with Crippen molar-refractivity contribution < 1.29 is 5.11 Å². The molecule has 0 saturated carbocycles. The van der Waals surface area contributed by atoms with Gasteiger partial charge in [0.15, 0.2) is 5.82 Å². The van der Waals surface area contributed by atoms with Crippen molar-refractivity contribution in [2.75, 3.05) is 0 Å². The minimum atomic E-state index is -0.353. The maximum Gasteiger partial charge on any atom is 0.158 e. The van der Waals surface area contributed by atoms with E-state index in [9.17, 15) is 5.11 Å². The molecule has 18 heavy (non-hydrogen) atoms. The van der Waals surface area contributed by atoms with Gasteiger partial charge in [0.2, 0.25) is 0 Å². The molecule has 4 nitrogen and oxygen atoms in total. The van der Waals surface area contributed by atoms with E-state index in [0.717, 1.165) is 24.2 Å². The van der Waals surface area contributed by atoms with E-state index in [4.69, 9.17) is 0 Å². The highest BCUT2D eigenvalue weighted by Gasteiger charge is 2.33. The third kappa shape index (κ3) is 1.77. The number of hydrogen-bond donors (Lipinski definition) is 1. The molecule has 1 atom stereocenters. The van der Waals surface area contributed by atoms with Crippen LogP contribution < -0.4 is 0 Å². The molecule has 0 aromatic carbocycles. The van der Waals surface area contributed by atoms with Crippen molar-refractivity contribution >= 4 is 0 Å². The van der Waals surface area contributed by atoms with Crippen LogP contribution >= 0.6 is 0 Å². The predicted molar refractivity (Wildman–Crippen MR) is 69.6 cm³/mol. The van der Waals surface area contributed by atoms with Crippen LogP contribution in [0.1, 0.15) is 37.6 Å². The number of aliphatic hydroxyl groups is 1. The Morgan fingerprint density at radius 3 is 2.78 bits per heavy atom. The minimum Gasteiger partial charge on any atom is -0.388 e. The summed E-state index contributed by atoms with van der Waals surface area (Å²) < 4.78 is 3.89. The lowest BCUT2D eigenvalue weighted by molar-refractivity contribution is 0.0986. The Bertz CT molecular complexity index is 580. The molecule has 2 aromatic heterocycles. The van der Waals surface area contributed by atoms with E-state index in [0.29, 0.717) is 0 Å². The summed E-state index contributed by atoms with van der Waals surface area (Å²) in [5, 5.41) is 14.7. The fourth-order valence-electron chi connectivity index (χ4n) is 2.88. The lowest BCUT2D eigenvalue weighted by Crippen LogP contribution is -2.26. The van der Waals surface area contributed by atoms with Gasteiger partial charge < -0.3 is 9.67 Å². The van der Waals surface area contributed by atoms with Gasteiger partial charge in [0.1, 0.15) is 0 Å². The van der Waals surface area contributed by atoms with Gasteiger partial charge in [-0.1, -0.05) is 13.8 Å². The number of aliphatic hydroxyl groups excluding tert-OH is 1. The van der Waals surface area contributed by atoms with Crippen LogP contribution in [0.3, 0.4) is 0 Å². The highest BCUT2D eigenvalue weighted by atomic mass is 16.3. The van der Waals surface area contributed by atoms with Crippen LogP contribution in [0, 0.1) is 5.41 Å². The van der Waals surface area contributed by atoms with Gasteiger partial charge in [-0.15, -0.1) is 0 Å². The molecule has 1 aliphatic rings. The summed E-state index contributed by atoms with van der Waals surface area (Å²) in [6.07, 6.45) is 5.40. The molecule has 0 amide bonds. The van der Waals surface area contributed by atoms with Crippen molar-refractivity contribution in [3.8, 4) is 5.82 Å². The SMILES string of the molecule is Cn1ccc(-n2ccc3c2CC(C)(C)CC3O)n1. The number of nitrogens with zero attached hydrogens (tertiary/aromatic N) is 3. The standard InChI is InChI=1S/C14H19N3O/c1-14(2)8-11-10(12(18)9-14)4-7-17(11)13-5-6-16(3)15-13/h4-7,12,18H,8-9H2,1-3H3. The molecular formula is C14H19N3O. The molecule has 0 radical (unpaired) electrons. The van der Waals surface area contributed by atoms with E-state index in [2.05, 4.69) is 23.5 Å². The predicted octanol–water partition coefficient (Wildman–Crippen LogP) is 2.22. The summed E-state index contributed by atoms with van der Waals surface area (Å²) in [6, 6.07) is 4.01. The van der Waals surface area contributed by atoms with Gasteiger partial charge in [-0.2, -0.15) is 5.10 Å². The molecule has 1 aliphatic carbocycles. The Hall–Kier alpha value is -1.55. The van der Waals surface area contributed by atoms with Crippen LogP contribution in [-0.4, -0.2) is 19.5 Å².